The van der Waals surface area contributed by atoms with Gasteiger partial charge in [-0.2, -0.15) is 8.42 Å². The summed E-state index contributed by atoms with van der Waals surface area (Å²) in [4.78, 5) is 28.1. The van der Waals surface area contributed by atoms with Crippen molar-refractivity contribution in [1.82, 2.24) is 0 Å². The van der Waals surface area contributed by atoms with E-state index < -0.39 is 46.2 Å². The van der Waals surface area contributed by atoms with Crippen LogP contribution >= 0.6 is 0 Å². The summed E-state index contributed by atoms with van der Waals surface area (Å²) < 4.78 is 41.1. The molecule has 1 N–H and O–H groups in total. The second-order valence-corrected chi connectivity index (χ2v) is 10.8. The van der Waals surface area contributed by atoms with Crippen molar-refractivity contribution in [3.63, 3.8) is 0 Å². The van der Waals surface area contributed by atoms with Gasteiger partial charge in [0.05, 0.1) is 19.6 Å². The fraction of sp³-hybridized carbons (Fsp3) is 0.885. The normalized spacial score (nSPS) is 12.6. The van der Waals surface area contributed by atoms with Gasteiger partial charge in [0.1, 0.15) is 5.75 Å². The SMILES string of the molecule is CCCCCCCCCCOC(=O)CC(N=C([O-])CS(=O)(=O)O)C(=O)OCCCCCCCCCC.[Na+]. The first kappa shape index (κ1) is 38.5. The second kappa shape index (κ2) is 25.6. The first-order valence-electron chi connectivity index (χ1n) is 13.7. The van der Waals surface area contributed by atoms with Crippen LogP contribution in [0.1, 0.15) is 123 Å². The molecule has 0 aliphatic rings. The molecule has 0 fully saturated rings. The van der Waals surface area contributed by atoms with Gasteiger partial charge in [-0.15, -0.1) is 0 Å². The van der Waals surface area contributed by atoms with Gasteiger partial charge in [-0.1, -0.05) is 104 Å². The van der Waals surface area contributed by atoms with Crippen LogP contribution in [0, 0.1) is 0 Å². The van der Waals surface area contributed by atoms with Crippen molar-refractivity contribution in [1.29, 1.82) is 0 Å². The molecule has 0 saturated heterocycles. The van der Waals surface area contributed by atoms with E-state index in [1.54, 1.807) is 0 Å². The zero-order valence-corrected chi connectivity index (χ0v) is 26.2. The van der Waals surface area contributed by atoms with Gasteiger partial charge in [-0.05, 0) is 18.7 Å². The van der Waals surface area contributed by atoms with Crippen molar-refractivity contribution in [2.75, 3.05) is 19.0 Å². The van der Waals surface area contributed by atoms with Crippen LogP contribution in [0.5, 0.6) is 0 Å². The molecule has 0 aromatic carbocycles. The van der Waals surface area contributed by atoms with E-state index in [0.29, 0.717) is 12.8 Å². The quantitative estimate of drug-likeness (QED) is 0.0472. The molecule has 9 nitrogen and oxygen atoms in total. The van der Waals surface area contributed by atoms with Crippen LogP contribution in [0.4, 0.5) is 0 Å². The van der Waals surface area contributed by atoms with Crippen LogP contribution in [0.25, 0.3) is 0 Å². The van der Waals surface area contributed by atoms with Crippen LogP contribution in [0.3, 0.4) is 0 Å². The Morgan fingerprint density at radius 1 is 0.757 bits per heavy atom. The Labute approximate surface area is 246 Å². The minimum Gasteiger partial charge on any atom is -0.861 e. The summed E-state index contributed by atoms with van der Waals surface area (Å²) in [5.74, 6) is -4.08. The number of hydrogen-bond donors (Lipinski definition) is 1. The molecule has 0 bridgehead atoms. The Morgan fingerprint density at radius 2 is 1.16 bits per heavy atom. The first-order chi connectivity index (χ1) is 17.2. The van der Waals surface area contributed by atoms with Gasteiger partial charge in [0.2, 0.25) is 0 Å². The van der Waals surface area contributed by atoms with E-state index in [9.17, 15) is 23.1 Å². The van der Waals surface area contributed by atoms with Crippen LogP contribution < -0.4 is 34.7 Å². The summed E-state index contributed by atoms with van der Waals surface area (Å²) in [6.45, 7) is 4.67. The van der Waals surface area contributed by atoms with E-state index in [4.69, 9.17) is 14.0 Å². The van der Waals surface area contributed by atoms with Gasteiger partial charge in [-0.25, -0.2) is 4.79 Å². The summed E-state index contributed by atoms with van der Waals surface area (Å²) in [7, 11) is -4.60. The maximum atomic E-state index is 12.4. The average molecular weight is 558 g/mol. The molecule has 0 amide bonds. The molecule has 1 unspecified atom stereocenters. The van der Waals surface area contributed by atoms with Crippen molar-refractivity contribution in [3.05, 3.63) is 0 Å². The van der Waals surface area contributed by atoms with Crippen molar-refractivity contribution >= 4 is 28.0 Å². The Morgan fingerprint density at radius 3 is 1.59 bits per heavy atom. The monoisotopic (exact) mass is 557 g/mol. The number of aliphatic imine (C=N–C) groups is 1. The molecular weight excluding hydrogens is 509 g/mol. The van der Waals surface area contributed by atoms with Crippen LogP contribution in [-0.4, -0.2) is 55.8 Å². The van der Waals surface area contributed by atoms with E-state index in [0.717, 1.165) is 38.5 Å². The molecule has 0 radical (unpaired) electrons. The fourth-order valence-corrected chi connectivity index (χ4v) is 4.08. The number of hydrogen-bond acceptors (Lipinski definition) is 8. The standard InChI is InChI=1S/C26H49NO8S.Na/c1-3-5-7-9-11-13-15-17-19-34-25(29)21-23(27-24(28)22-36(31,32)33)26(30)35-20-18-16-14-12-10-8-6-4-2;/h23H,3-22H2,1-2H3,(H,27,28)(H,31,32,33);/q;+1/p-1. The summed E-state index contributed by atoms with van der Waals surface area (Å²) in [6, 6.07) is -1.50. The Kier molecular flexibility index (Phi) is 26.6. The summed E-state index contributed by atoms with van der Waals surface area (Å²) in [5.41, 5.74) is 0. The first-order valence-corrected chi connectivity index (χ1v) is 15.3. The third-order valence-electron chi connectivity index (χ3n) is 5.74. The molecule has 0 rings (SSSR count). The third-order valence-corrected chi connectivity index (χ3v) is 6.35. The smallest absolute Gasteiger partial charge is 0.861 e. The minimum atomic E-state index is -4.60. The number of rotatable bonds is 24. The van der Waals surface area contributed by atoms with Crippen LogP contribution in [0.15, 0.2) is 4.99 Å². The second-order valence-electron chi connectivity index (χ2n) is 9.31. The van der Waals surface area contributed by atoms with E-state index >= 15 is 0 Å². The number of ether oxygens (including phenoxy) is 2. The molecule has 0 saturated carbocycles. The predicted molar refractivity (Wildman–Crippen MR) is 139 cm³/mol. The third kappa shape index (κ3) is 26.7. The van der Waals surface area contributed by atoms with E-state index in [1.807, 2.05) is 0 Å². The Hall–Kier alpha value is -0.680. The van der Waals surface area contributed by atoms with Gasteiger partial charge in [0.25, 0.3) is 10.1 Å². The summed E-state index contributed by atoms with van der Waals surface area (Å²) >= 11 is 0. The largest absolute Gasteiger partial charge is 1.00 e. The molecule has 0 heterocycles. The maximum Gasteiger partial charge on any atom is 1.00 e. The van der Waals surface area contributed by atoms with Gasteiger partial charge in [-0.3, -0.25) is 14.3 Å². The summed E-state index contributed by atoms with van der Waals surface area (Å²) in [6.07, 6.45) is 16.8. The van der Waals surface area contributed by atoms with Gasteiger partial charge >= 0.3 is 41.5 Å². The van der Waals surface area contributed by atoms with Gasteiger partial charge in [0.15, 0.2) is 6.04 Å². The van der Waals surface area contributed by atoms with E-state index in [-0.39, 0.29) is 42.8 Å². The van der Waals surface area contributed by atoms with Crippen molar-refractivity contribution in [2.45, 2.75) is 129 Å². The molecule has 0 aliphatic heterocycles. The predicted octanol–water partition coefficient (Wildman–Crippen LogP) is 1.76. The van der Waals surface area contributed by atoms with Crippen molar-refractivity contribution in [3.8, 4) is 0 Å². The zero-order valence-electron chi connectivity index (χ0n) is 23.4. The Balaban J connectivity index is 0. The van der Waals surface area contributed by atoms with Gasteiger partial charge < -0.3 is 14.6 Å². The molecule has 212 valence electrons. The molecule has 0 aliphatic carbocycles. The molecule has 0 aromatic heterocycles. The number of carbonyl (C=O) groups is 2. The number of carbonyl (C=O) groups excluding carboxylic acids is 2. The molecule has 37 heavy (non-hydrogen) atoms. The minimum absolute atomic E-state index is 0. The summed E-state index contributed by atoms with van der Waals surface area (Å²) in [5, 5.41) is 11.8. The molecule has 1 atom stereocenters. The number of esters is 2. The number of nitrogens with zero attached hydrogens (tertiary/aromatic N) is 1. The average Bonchev–Trinajstić information content (AvgIpc) is 2.80. The maximum absolute atomic E-state index is 12.4. The topological polar surface area (TPSA) is 142 Å². The van der Waals surface area contributed by atoms with Crippen molar-refractivity contribution in [2.24, 2.45) is 4.99 Å². The van der Waals surface area contributed by atoms with Crippen LogP contribution in [0.2, 0.25) is 0 Å². The van der Waals surface area contributed by atoms with Crippen LogP contribution in [-0.2, 0) is 29.2 Å². The van der Waals surface area contributed by atoms with E-state index in [1.165, 1.54) is 51.4 Å². The molecular formula is C26H48NNaO8S. The van der Waals surface area contributed by atoms with E-state index in [2.05, 4.69) is 18.8 Å². The molecule has 11 heteroatoms. The Bertz CT molecular complexity index is 715. The molecule has 0 spiro atoms. The number of unbranched alkanes of at least 4 members (excludes halogenated alkanes) is 14. The fourth-order valence-electron chi connectivity index (χ4n) is 3.69. The molecule has 0 aromatic rings. The van der Waals surface area contributed by atoms with Crippen molar-refractivity contribution < 1.29 is 66.7 Å². The van der Waals surface area contributed by atoms with Gasteiger partial charge in [0, 0.05) is 0 Å². The zero-order chi connectivity index (χ0) is 27.1.